The summed E-state index contributed by atoms with van der Waals surface area (Å²) in [5, 5.41) is 2.99. The summed E-state index contributed by atoms with van der Waals surface area (Å²) in [5.74, 6) is -1.91. The third-order valence-corrected chi connectivity index (χ3v) is 10.1. The highest BCUT2D eigenvalue weighted by Crippen LogP contribution is 2.31. The Morgan fingerprint density at radius 2 is 1.39 bits per heavy atom. The number of rotatable bonds is 19. The average molecular weight is 746 g/mol. The van der Waals surface area contributed by atoms with Gasteiger partial charge in [-0.3, -0.25) is 28.9 Å². The second kappa shape index (κ2) is 19.9. The van der Waals surface area contributed by atoms with Crippen LogP contribution < -0.4 is 5.32 Å². The second-order valence-electron chi connectivity index (χ2n) is 15.6. The summed E-state index contributed by atoms with van der Waals surface area (Å²) in [6.45, 7) is 12.3. The highest BCUT2D eigenvalue weighted by atomic mass is 16.6. The number of hydrogen-bond donors (Lipinski definition) is 1. The van der Waals surface area contributed by atoms with E-state index in [0.717, 1.165) is 11.1 Å². The molecule has 2 fully saturated rings. The van der Waals surface area contributed by atoms with Crippen LogP contribution in [0.2, 0.25) is 0 Å². The third-order valence-electron chi connectivity index (χ3n) is 10.1. The minimum Gasteiger partial charge on any atom is -0.379 e. The maximum absolute atomic E-state index is 14.4. The van der Waals surface area contributed by atoms with Crippen LogP contribution in [-0.2, 0) is 46.3 Å². The van der Waals surface area contributed by atoms with Crippen LogP contribution in [0, 0.1) is 11.8 Å². The van der Waals surface area contributed by atoms with E-state index in [4.69, 9.17) is 9.47 Å². The largest absolute Gasteiger partial charge is 0.379 e. The molecular formula is C42H59N5O7. The number of carbonyl (C=O) groups excluding carboxylic acids is 5. The molecule has 0 unspecified atom stereocenters. The van der Waals surface area contributed by atoms with E-state index in [1.165, 1.54) is 9.80 Å². The molecule has 2 heterocycles. The molecule has 54 heavy (non-hydrogen) atoms. The van der Waals surface area contributed by atoms with Crippen LogP contribution in [0.25, 0.3) is 0 Å². The van der Waals surface area contributed by atoms with Crippen molar-refractivity contribution in [1.82, 2.24) is 20.0 Å². The van der Waals surface area contributed by atoms with Crippen molar-refractivity contribution in [3.63, 3.8) is 0 Å². The topological polar surface area (TPSA) is 141 Å². The van der Waals surface area contributed by atoms with Crippen LogP contribution >= 0.6 is 0 Å². The van der Waals surface area contributed by atoms with Crippen molar-refractivity contribution in [1.29, 1.82) is 0 Å². The molecule has 0 radical (unpaired) electrons. The normalized spacial score (nSPS) is 19.2. The van der Waals surface area contributed by atoms with Gasteiger partial charge in [0, 0.05) is 33.6 Å². The van der Waals surface area contributed by atoms with E-state index in [1.54, 1.807) is 21.0 Å². The average Bonchev–Trinajstić information content (AvgIpc) is 3.91. The van der Waals surface area contributed by atoms with Gasteiger partial charge in [0.25, 0.3) is 11.8 Å². The van der Waals surface area contributed by atoms with E-state index in [2.05, 4.69) is 10.3 Å². The molecule has 4 amide bonds. The van der Waals surface area contributed by atoms with E-state index in [1.807, 2.05) is 93.3 Å². The number of hydrogen-bond acceptors (Lipinski definition) is 8. The zero-order chi connectivity index (χ0) is 39.4. The van der Waals surface area contributed by atoms with Crippen LogP contribution in [0.1, 0.15) is 65.0 Å². The van der Waals surface area contributed by atoms with Crippen LogP contribution in [0.4, 0.5) is 0 Å². The molecule has 2 aromatic carbocycles. The number of aliphatic imine (C=N–C) groups is 1. The molecule has 1 N–H and O–H groups in total. The maximum atomic E-state index is 14.4. The molecule has 4 atom stereocenters. The molecule has 0 aliphatic carbocycles. The SMILES string of the molecule is CC(C)C[C@H](C(=O)N[C@@H](Cc1ccccc1)C(=O)N(C)[C@H](CC(C)C)C(=O)[C@]1(C)CO1)N(C)C(=O)/C(CCc1ccccc1)=N/C(=O)CN1CCOCC1. The minimum atomic E-state index is -1.03. The van der Waals surface area contributed by atoms with E-state index >= 15 is 0 Å². The number of amides is 4. The number of ketones is 1. The number of Topliss-reactive ketones (excluding diaryl/α,β-unsaturated/α-hetero) is 1. The highest BCUT2D eigenvalue weighted by molar-refractivity contribution is 6.40. The van der Waals surface area contributed by atoms with Gasteiger partial charge in [-0.1, -0.05) is 88.4 Å². The number of nitrogens with zero attached hydrogens (tertiary/aromatic N) is 4. The van der Waals surface area contributed by atoms with Gasteiger partial charge >= 0.3 is 0 Å². The molecule has 0 saturated carbocycles. The second-order valence-corrected chi connectivity index (χ2v) is 15.6. The van der Waals surface area contributed by atoms with Gasteiger partial charge in [-0.25, -0.2) is 4.99 Å². The minimum absolute atomic E-state index is 0.00179. The van der Waals surface area contributed by atoms with E-state index in [9.17, 15) is 24.0 Å². The zero-order valence-corrected chi connectivity index (χ0v) is 33.1. The van der Waals surface area contributed by atoms with Crippen molar-refractivity contribution in [2.45, 2.75) is 90.4 Å². The fraction of sp³-hybridized carbons (Fsp3) is 0.571. The molecular weight excluding hydrogens is 686 g/mol. The fourth-order valence-corrected chi connectivity index (χ4v) is 6.69. The van der Waals surface area contributed by atoms with Crippen molar-refractivity contribution in [3.8, 4) is 0 Å². The molecule has 0 bridgehead atoms. The van der Waals surface area contributed by atoms with Gasteiger partial charge in [-0.2, -0.15) is 0 Å². The van der Waals surface area contributed by atoms with Gasteiger partial charge in [-0.15, -0.1) is 0 Å². The van der Waals surface area contributed by atoms with Gasteiger partial charge in [0.2, 0.25) is 11.8 Å². The molecule has 2 saturated heterocycles. The Labute approximate surface area is 320 Å². The van der Waals surface area contributed by atoms with E-state index < -0.39 is 47.4 Å². The summed E-state index contributed by atoms with van der Waals surface area (Å²) in [4.78, 5) is 79.0. The molecule has 4 rings (SSSR count). The smallest absolute Gasteiger partial charge is 0.268 e. The fourth-order valence-electron chi connectivity index (χ4n) is 6.69. The summed E-state index contributed by atoms with van der Waals surface area (Å²) < 4.78 is 10.9. The van der Waals surface area contributed by atoms with E-state index in [0.29, 0.717) is 52.2 Å². The Bertz CT molecular complexity index is 1600. The Morgan fingerprint density at radius 1 is 0.833 bits per heavy atom. The number of epoxide rings is 1. The Hall–Kier alpha value is -4.26. The maximum Gasteiger partial charge on any atom is 0.268 e. The van der Waals surface area contributed by atoms with Crippen LogP contribution in [0.5, 0.6) is 0 Å². The number of likely N-dealkylation sites (N-methyl/N-ethyl adjacent to an activating group) is 2. The lowest BCUT2D eigenvalue weighted by Gasteiger charge is -2.34. The predicted molar refractivity (Wildman–Crippen MR) is 208 cm³/mol. The molecule has 0 aromatic heterocycles. The number of morpholine rings is 1. The summed E-state index contributed by atoms with van der Waals surface area (Å²) >= 11 is 0. The Morgan fingerprint density at radius 3 is 1.94 bits per heavy atom. The zero-order valence-electron chi connectivity index (χ0n) is 33.1. The quantitative estimate of drug-likeness (QED) is 0.170. The molecule has 12 heteroatoms. The number of benzene rings is 2. The van der Waals surface area contributed by atoms with Gasteiger partial charge in [0.05, 0.1) is 32.4 Å². The molecule has 12 nitrogen and oxygen atoms in total. The first-order valence-corrected chi connectivity index (χ1v) is 19.2. The Balaban J connectivity index is 1.61. The lowest BCUT2D eigenvalue weighted by atomic mass is 9.91. The van der Waals surface area contributed by atoms with Crippen molar-refractivity contribution >= 4 is 35.1 Å². The van der Waals surface area contributed by atoms with E-state index in [-0.39, 0.29) is 42.7 Å². The number of carbonyl (C=O) groups is 5. The lowest BCUT2D eigenvalue weighted by molar-refractivity contribution is -0.144. The van der Waals surface area contributed by atoms with Crippen LogP contribution in [-0.4, -0.2) is 127 Å². The molecule has 294 valence electrons. The molecule has 2 aliphatic rings. The molecule has 2 aromatic rings. The number of aryl methyl sites for hydroxylation is 1. The molecule has 0 spiro atoms. The van der Waals surface area contributed by atoms with Crippen molar-refractivity contribution in [2.75, 3.05) is 53.6 Å². The van der Waals surface area contributed by atoms with Gasteiger partial charge in [0.1, 0.15) is 23.4 Å². The van der Waals surface area contributed by atoms with Crippen molar-refractivity contribution in [2.24, 2.45) is 16.8 Å². The van der Waals surface area contributed by atoms with Gasteiger partial charge < -0.3 is 24.6 Å². The standard InChI is InChI=1S/C42H59N5O7/c1-29(2)24-35(38(49)42(5)28-54-42)45(6)41(52)34(26-32-16-12-9-13-17-32)44-39(50)36(25-30(3)4)46(7)40(51)33(19-18-31-14-10-8-11-15-31)43-37(48)27-47-20-22-53-23-21-47/h8-17,29-30,34-36H,18-28H2,1-7H3,(H,44,50)/b43-33+/t34-,35+,36+,42-/m0/s1. The van der Waals surface area contributed by atoms with Crippen LogP contribution in [0.3, 0.4) is 0 Å². The third kappa shape index (κ3) is 12.4. The van der Waals surface area contributed by atoms with Crippen LogP contribution in [0.15, 0.2) is 65.7 Å². The monoisotopic (exact) mass is 745 g/mol. The lowest BCUT2D eigenvalue weighted by Crippen LogP contribution is -2.58. The first kappa shape index (κ1) is 42.5. The number of ether oxygens (including phenoxy) is 2. The summed E-state index contributed by atoms with van der Waals surface area (Å²) in [7, 11) is 3.15. The first-order chi connectivity index (χ1) is 25.7. The predicted octanol–water partition coefficient (Wildman–Crippen LogP) is 3.75. The summed E-state index contributed by atoms with van der Waals surface area (Å²) in [5.41, 5.74) is 0.957. The van der Waals surface area contributed by atoms with Crippen molar-refractivity contribution < 1.29 is 33.4 Å². The van der Waals surface area contributed by atoms with Crippen molar-refractivity contribution in [3.05, 3.63) is 71.8 Å². The Kier molecular flexibility index (Phi) is 15.6. The summed E-state index contributed by atoms with van der Waals surface area (Å²) in [6, 6.07) is 16.3. The van der Waals surface area contributed by atoms with Gasteiger partial charge in [0.15, 0.2) is 5.78 Å². The highest BCUT2D eigenvalue weighted by Gasteiger charge is 2.51. The first-order valence-electron chi connectivity index (χ1n) is 19.2. The molecule has 2 aliphatic heterocycles. The van der Waals surface area contributed by atoms with Gasteiger partial charge in [-0.05, 0) is 55.6 Å². The summed E-state index contributed by atoms with van der Waals surface area (Å²) in [6.07, 6.45) is 1.60. The number of nitrogens with one attached hydrogen (secondary N) is 1.